The van der Waals surface area contributed by atoms with Crippen LogP contribution in [0.25, 0.3) is 10.2 Å². The number of hydrogen-bond donors (Lipinski definition) is 2. The van der Waals surface area contributed by atoms with E-state index in [1.807, 2.05) is 43.5 Å². The van der Waals surface area contributed by atoms with Crippen LogP contribution < -0.4 is 10.7 Å². The maximum Gasteiger partial charge on any atom is 0.265 e. The summed E-state index contributed by atoms with van der Waals surface area (Å²) in [5.41, 5.74) is 5.43. The molecule has 112 valence electrons. The number of amides is 1. The highest BCUT2D eigenvalue weighted by Gasteiger charge is 2.09. The van der Waals surface area contributed by atoms with Gasteiger partial charge in [0.1, 0.15) is 0 Å². The molecule has 3 aromatic rings. The molecule has 3 rings (SSSR count). The van der Waals surface area contributed by atoms with Crippen molar-refractivity contribution in [1.29, 1.82) is 0 Å². The fraction of sp³-hybridized carbons (Fsp3) is 0.133. The highest BCUT2D eigenvalue weighted by Crippen LogP contribution is 2.28. The van der Waals surface area contributed by atoms with E-state index in [0.717, 1.165) is 26.7 Å². The molecule has 2 heterocycles. The molecular weight excluding hydrogens is 316 g/mol. The van der Waals surface area contributed by atoms with Gasteiger partial charge in [0.2, 0.25) is 5.13 Å². The molecule has 7 heteroatoms. The Hall–Kier alpha value is -2.25. The van der Waals surface area contributed by atoms with Crippen LogP contribution in [0, 0.1) is 0 Å². The number of hydrogen-bond acceptors (Lipinski definition) is 6. The molecular formula is C15H14N4OS2. The smallest absolute Gasteiger partial charge is 0.265 e. The average molecular weight is 330 g/mol. The lowest BCUT2D eigenvalue weighted by Gasteiger charge is -2.02. The molecule has 2 aromatic heterocycles. The monoisotopic (exact) mass is 330 g/mol. The number of anilines is 2. The Balaban J connectivity index is 1.80. The Morgan fingerprint density at radius 2 is 2.14 bits per heavy atom. The van der Waals surface area contributed by atoms with E-state index in [-0.39, 0.29) is 5.91 Å². The zero-order chi connectivity index (χ0) is 15.5. The molecule has 0 atom stereocenters. The molecule has 0 aliphatic carbocycles. The molecule has 1 aromatic carbocycles. The Morgan fingerprint density at radius 3 is 2.86 bits per heavy atom. The SMILES string of the molecule is CC(C)=NNc1nc2cc(NC(=O)c3cccs3)ccc2s1. The summed E-state index contributed by atoms with van der Waals surface area (Å²) in [5.74, 6) is -0.103. The van der Waals surface area contributed by atoms with Crippen molar-refractivity contribution < 1.29 is 4.79 Å². The molecule has 0 radical (unpaired) electrons. The van der Waals surface area contributed by atoms with Crippen LogP contribution in [0.15, 0.2) is 40.8 Å². The first-order valence-electron chi connectivity index (χ1n) is 6.64. The summed E-state index contributed by atoms with van der Waals surface area (Å²) in [6.07, 6.45) is 0. The Labute approximate surface area is 135 Å². The van der Waals surface area contributed by atoms with Crippen LogP contribution in [0.5, 0.6) is 0 Å². The van der Waals surface area contributed by atoms with Crippen LogP contribution >= 0.6 is 22.7 Å². The molecule has 0 unspecified atom stereocenters. The molecule has 2 N–H and O–H groups in total. The zero-order valence-corrected chi connectivity index (χ0v) is 13.7. The number of nitrogens with zero attached hydrogens (tertiary/aromatic N) is 2. The van der Waals surface area contributed by atoms with Gasteiger partial charge in [-0.3, -0.25) is 10.2 Å². The molecule has 5 nitrogen and oxygen atoms in total. The Morgan fingerprint density at radius 1 is 1.27 bits per heavy atom. The van der Waals surface area contributed by atoms with Crippen molar-refractivity contribution >= 4 is 55.3 Å². The molecule has 22 heavy (non-hydrogen) atoms. The lowest BCUT2D eigenvalue weighted by atomic mass is 10.3. The third-order valence-corrected chi connectivity index (χ3v) is 4.58. The summed E-state index contributed by atoms with van der Waals surface area (Å²) in [5, 5.41) is 9.64. The van der Waals surface area contributed by atoms with E-state index in [4.69, 9.17) is 0 Å². The zero-order valence-electron chi connectivity index (χ0n) is 12.1. The van der Waals surface area contributed by atoms with Crippen molar-refractivity contribution in [2.45, 2.75) is 13.8 Å². The van der Waals surface area contributed by atoms with Gasteiger partial charge in [0, 0.05) is 11.4 Å². The number of carbonyl (C=O) groups is 1. The quantitative estimate of drug-likeness (QED) is 0.550. The van der Waals surface area contributed by atoms with Gasteiger partial charge in [-0.25, -0.2) is 4.98 Å². The van der Waals surface area contributed by atoms with Crippen LogP contribution in [0.1, 0.15) is 23.5 Å². The molecule has 0 bridgehead atoms. The molecule has 0 aliphatic heterocycles. The summed E-state index contributed by atoms with van der Waals surface area (Å²) >= 11 is 2.94. The first kappa shape index (κ1) is 14.7. The van der Waals surface area contributed by atoms with Gasteiger partial charge in [-0.2, -0.15) is 5.10 Å². The maximum atomic E-state index is 12.0. The Kier molecular flexibility index (Phi) is 4.17. The molecule has 0 fully saturated rings. The molecule has 0 saturated heterocycles. The topological polar surface area (TPSA) is 66.4 Å². The van der Waals surface area contributed by atoms with Crippen molar-refractivity contribution in [3.63, 3.8) is 0 Å². The molecule has 1 amide bonds. The van der Waals surface area contributed by atoms with E-state index >= 15 is 0 Å². The first-order chi connectivity index (χ1) is 10.6. The van der Waals surface area contributed by atoms with E-state index in [2.05, 4.69) is 20.8 Å². The summed E-state index contributed by atoms with van der Waals surface area (Å²) in [4.78, 5) is 17.2. The largest absolute Gasteiger partial charge is 0.321 e. The van der Waals surface area contributed by atoms with Crippen LogP contribution in [0.2, 0.25) is 0 Å². The van der Waals surface area contributed by atoms with Gasteiger partial charge in [-0.15, -0.1) is 11.3 Å². The van der Waals surface area contributed by atoms with Gasteiger partial charge in [-0.1, -0.05) is 17.4 Å². The maximum absolute atomic E-state index is 12.0. The minimum atomic E-state index is -0.103. The minimum absolute atomic E-state index is 0.103. The Bertz CT molecular complexity index is 832. The third kappa shape index (κ3) is 3.32. The molecule has 0 saturated carbocycles. The van der Waals surface area contributed by atoms with Gasteiger partial charge in [0.25, 0.3) is 5.91 Å². The van der Waals surface area contributed by atoms with Crippen LogP contribution in [-0.2, 0) is 0 Å². The predicted molar refractivity (Wildman–Crippen MR) is 94.3 cm³/mol. The number of carbonyl (C=O) groups excluding carboxylic acids is 1. The molecule has 0 spiro atoms. The van der Waals surface area contributed by atoms with Crippen molar-refractivity contribution in [2.75, 3.05) is 10.7 Å². The fourth-order valence-electron chi connectivity index (χ4n) is 1.81. The number of benzene rings is 1. The van der Waals surface area contributed by atoms with Gasteiger partial charge >= 0.3 is 0 Å². The molecule has 0 aliphatic rings. The minimum Gasteiger partial charge on any atom is -0.321 e. The first-order valence-corrected chi connectivity index (χ1v) is 8.34. The second-order valence-corrected chi connectivity index (χ2v) is 6.78. The van der Waals surface area contributed by atoms with Crippen LogP contribution in [-0.4, -0.2) is 16.6 Å². The second kappa shape index (κ2) is 6.25. The van der Waals surface area contributed by atoms with E-state index in [1.54, 1.807) is 6.07 Å². The summed E-state index contributed by atoms with van der Waals surface area (Å²) in [7, 11) is 0. The highest BCUT2D eigenvalue weighted by atomic mass is 32.1. The number of aromatic nitrogens is 1. The number of nitrogens with one attached hydrogen (secondary N) is 2. The van der Waals surface area contributed by atoms with E-state index in [1.165, 1.54) is 22.7 Å². The van der Waals surface area contributed by atoms with Crippen molar-refractivity contribution in [1.82, 2.24) is 4.98 Å². The average Bonchev–Trinajstić information content (AvgIpc) is 3.13. The summed E-state index contributed by atoms with van der Waals surface area (Å²) in [6.45, 7) is 3.83. The van der Waals surface area contributed by atoms with Crippen LogP contribution in [0.3, 0.4) is 0 Å². The van der Waals surface area contributed by atoms with E-state index in [9.17, 15) is 4.79 Å². The van der Waals surface area contributed by atoms with Crippen molar-refractivity contribution in [3.05, 3.63) is 40.6 Å². The number of hydrazone groups is 1. The van der Waals surface area contributed by atoms with Gasteiger partial charge in [0.15, 0.2) is 0 Å². The lowest BCUT2D eigenvalue weighted by molar-refractivity contribution is 0.103. The van der Waals surface area contributed by atoms with Gasteiger partial charge in [-0.05, 0) is 43.5 Å². The van der Waals surface area contributed by atoms with E-state index < -0.39 is 0 Å². The lowest BCUT2D eigenvalue weighted by Crippen LogP contribution is -2.09. The van der Waals surface area contributed by atoms with E-state index in [0.29, 0.717) is 4.88 Å². The number of thiophene rings is 1. The third-order valence-electron chi connectivity index (χ3n) is 2.77. The van der Waals surface area contributed by atoms with Gasteiger partial charge in [0.05, 0.1) is 15.1 Å². The predicted octanol–water partition coefficient (Wildman–Crippen LogP) is 4.42. The summed E-state index contributed by atoms with van der Waals surface area (Å²) < 4.78 is 1.04. The van der Waals surface area contributed by atoms with Crippen LogP contribution in [0.4, 0.5) is 10.8 Å². The van der Waals surface area contributed by atoms with Gasteiger partial charge < -0.3 is 5.32 Å². The standard InChI is InChI=1S/C15H14N4OS2/c1-9(2)18-19-15-17-11-8-10(5-6-12(11)22-15)16-14(20)13-4-3-7-21-13/h3-8H,1-2H3,(H,16,20)(H,17,19). The fourth-order valence-corrected chi connectivity index (χ4v) is 3.22. The van der Waals surface area contributed by atoms with Crippen molar-refractivity contribution in [2.24, 2.45) is 5.10 Å². The normalized spacial score (nSPS) is 10.5. The second-order valence-electron chi connectivity index (χ2n) is 4.80. The number of thiazole rings is 1. The summed E-state index contributed by atoms with van der Waals surface area (Å²) in [6, 6.07) is 9.35. The number of rotatable bonds is 4. The highest BCUT2D eigenvalue weighted by molar-refractivity contribution is 7.22. The number of fused-ring (bicyclic) bond motifs is 1. The van der Waals surface area contributed by atoms with Crippen molar-refractivity contribution in [3.8, 4) is 0 Å².